The van der Waals surface area contributed by atoms with Gasteiger partial charge in [0.25, 0.3) is 0 Å². The van der Waals surface area contributed by atoms with Crippen molar-refractivity contribution in [2.75, 3.05) is 11.5 Å². The third kappa shape index (κ3) is 1.99. The summed E-state index contributed by atoms with van der Waals surface area (Å²) >= 11 is 1.61. The van der Waals surface area contributed by atoms with Crippen molar-refractivity contribution < 1.29 is 0 Å². The summed E-state index contributed by atoms with van der Waals surface area (Å²) < 4.78 is 0. The fourth-order valence-corrected chi connectivity index (χ4v) is 2.27. The zero-order valence-corrected chi connectivity index (χ0v) is 9.29. The van der Waals surface area contributed by atoms with E-state index in [1.165, 1.54) is 0 Å². The van der Waals surface area contributed by atoms with E-state index in [1.54, 1.807) is 24.2 Å². The maximum absolute atomic E-state index is 11.1. The van der Waals surface area contributed by atoms with Gasteiger partial charge in [-0.1, -0.05) is 0 Å². The Hall–Kier alpha value is -1.62. The minimum Gasteiger partial charge on any atom is -0.395 e. The van der Waals surface area contributed by atoms with E-state index in [4.69, 9.17) is 5.73 Å². The Labute approximate surface area is 96.2 Å². The number of thioether (sulfide) groups is 1. The molecule has 0 saturated heterocycles. The van der Waals surface area contributed by atoms with Crippen molar-refractivity contribution in [3.63, 3.8) is 0 Å². The Morgan fingerprint density at radius 3 is 2.50 bits per heavy atom. The van der Waals surface area contributed by atoms with Crippen LogP contribution in [0.5, 0.6) is 0 Å². The highest BCUT2D eigenvalue weighted by Crippen LogP contribution is 2.18. The molecule has 4 nitrogen and oxygen atoms in total. The van der Waals surface area contributed by atoms with Crippen LogP contribution in [0.25, 0.3) is 0 Å². The Balaban J connectivity index is 1.91. The molecule has 16 heavy (non-hydrogen) atoms. The van der Waals surface area contributed by atoms with Crippen molar-refractivity contribution in [3.05, 3.63) is 50.5 Å². The average Bonchev–Trinajstić information content (AvgIpc) is 2.34. The van der Waals surface area contributed by atoms with Crippen LogP contribution in [0.4, 0.5) is 5.69 Å². The van der Waals surface area contributed by atoms with E-state index in [1.807, 2.05) is 12.1 Å². The molecule has 0 aliphatic rings. The van der Waals surface area contributed by atoms with Crippen LogP contribution in [0, 0.1) is 0 Å². The predicted octanol–water partition coefficient (Wildman–Crippen LogP) is 0.595. The minimum atomic E-state index is -0.538. The SMILES string of the molecule is Nc1c(CCSc2ccncc2)c(=O)c1=O. The summed E-state index contributed by atoms with van der Waals surface area (Å²) in [7, 11) is 0. The quantitative estimate of drug-likeness (QED) is 0.619. The monoisotopic (exact) mass is 234 g/mol. The molecule has 0 radical (unpaired) electrons. The smallest absolute Gasteiger partial charge is 0.249 e. The topological polar surface area (TPSA) is 73.0 Å². The molecule has 0 aliphatic carbocycles. The lowest BCUT2D eigenvalue weighted by Crippen LogP contribution is -2.38. The molecule has 1 heterocycles. The number of nitrogens with zero attached hydrogens (tertiary/aromatic N) is 1. The first-order valence-electron chi connectivity index (χ1n) is 4.80. The summed E-state index contributed by atoms with van der Waals surface area (Å²) in [5.41, 5.74) is 5.08. The number of nitrogen functional groups attached to an aromatic ring is 1. The van der Waals surface area contributed by atoms with Crippen LogP contribution in [0.1, 0.15) is 5.56 Å². The van der Waals surface area contributed by atoms with Crippen LogP contribution in [-0.4, -0.2) is 10.7 Å². The van der Waals surface area contributed by atoms with Gasteiger partial charge in [-0.2, -0.15) is 0 Å². The Kier molecular flexibility index (Phi) is 3.05. The second-order valence-corrected chi connectivity index (χ2v) is 4.50. The number of pyridine rings is 1. The average molecular weight is 234 g/mol. The van der Waals surface area contributed by atoms with Gasteiger partial charge in [-0.15, -0.1) is 11.8 Å². The summed E-state index contributed by atoms with van der Waals surface area (Å²) in [6, 6.07) is 3.80. The van der Waals surface area contributed by atoms with E-state index in [0.29, 0.717) is 12.0 Å². The Morgan fingerprint density at radius 2 is 1.88 bits per heavy atom. The third-order valence-corrected chi connectivity index (χ3v) is 3.33. The molecule has 0 aliphatic heterocycles. The standard InChI is InChI=1S/C11H10N2O2S/c12-9-8(10(14)11(9)15)3-6-16-7-1-4-13-5-2-7/h1-2,4-5H,3,6,12H2. The first kappa shape index (κ1) is 10.9. The molecule has 1 aromatic heterocycles. The molecule has 0 atom stereocenters. The summed E-state index contributed by atoms with van der Waals surface area (Å²) in [5, 5.41) is 0. The molecular weight excluding hydrogens is 224 g/mol. The first-order chi connectivity index (χ1) is 7.70. The summed E-state index contributed by atoms with van der Waals surface area (Å²) in [6.07, 6.45) is 3.98. The zero-order valence-electron chi connectivity index (χ0n) is 8.47. The molecule has 2 rings (SSSR count). The molecule has 0 spiro atoms. The van der Waals surface area contributed by atoms with Gasteiger partial charge in [0.05, 0.1) is 5.69 Å². The minimum absolute atomic E-state index is 0.139. The molecule has 1 aromatic carbocycles. The van der Waals surface area contributed by atoms with Gasteiger partial charge in [0.2, 0.25) is 10.9 Å². The van der Waals surface area contributed by atoms with Crippen LogP contribution in [0.3, 0.4) is 0 Å². The summed E-state index contributed by atoms with van der Waals surface area (Å²) in [5.74, 6) is 0.735. The number of nitrogens with two attached hydrogens (primary N) is 1. The predicted molar refractivity (Wildman–Crippen MR) is 64.4 cm³/mol. The van der Waals surface area contributed by atoms with E-state index in [-0.39, 0.29) is 5.69 Å². The normalized spacial score (nSPS) is 10.8. The van der Waals surface area contributed by atoms with Crippen molar-refractivity contribution in [2.45, 2.75) is 11.3 Å². The second-order valence-electron chi connectivity index (χ2n) is 3.33. The molecular formula is C11H10N2O2S. The van der Waals surface area contributed by atoms with Gasteiger partial charge in [0, 0.05) is 28.6 Å². The maximum atomic E-state index is 11.1. The highest BCUT2D eigenvalue weighted by Gasteiger charge is 2.16. The van der Waals surface area contributed by atoms with E-state index >= 15 is 0 Å². The van der Waals surface area contributed by atoms with Crippen LogP contribution in [0.2, 0.25) is 0 Å². The highest BCUT2D eigenvalue weighted by atomic mass is 32.2. The van der Waals surface area contributed by atoms with E-state index < -0.39 is 10.9 Å². The van der Waals surface area contributed by atoms with Crippen molar-refractivity contribution in [2.24, 2.45) is 0 Å². The molecule has 0 amide bonds. The number of aromatic nitrogens is 1. The van der Waals surface area contributed by atoms with Crippen molar-refractivity contribution in [1.82, 2.24) is 4.98 Å². The van der Waals surface area contributed by atoms with Crippen molar-refractivity contribution >= 4 is 17.4 Å². The fraction of sp³-hybridized carbons (Fsp3) is 0.182. The lowest BCUT2D eigenvalue weighted by Gasteiger charge is -2.05. The summed E-state index contributed by atoms with van der Waals surface area (Å²) in [6.45, 7) is 0. The van der Waals surface area contributed by atoms with Crippen LogP contribution in [-0.2, 0) is 6.42 Å². The molecule has 0 bridgehead atoms. The highest BCUT2D eigenvalue weighted by molar-refractivity contribution is 7.99. The van der Waals surface area contributed by atoms with Gasteiger partial charge in [0.1, 0.15) is 0 Å². The van der Waals surface area contributed by atoms with Gasteiger partial charge in [0.15, 0.2) is 0 Å². The van der Waals surface area contributed by atoms with Crippen molar-refractivity contribution in [3.8, 4) is 0 Å². The van der Waals surface area contributed by atoms with E-state index in [2.05, 4.69) is 4.98 Å². The first-order valence-corrected chi connectivity index (χ1v) is 5.79. The molecule has 0 fully saturated rings. The largest absolute Gasteiger partial charge is 0.395 e. The second kappa shape index (κ2) is 4.49. The van der Waals surface area contributed by atoms with Crippen LogP contribution in [0.15, 0.2) is 39.0 Å². The van der Waals surface area contributed by atoms with Gasteiger partial charge < -0.3 is 5.73 Å². The lowest BCUT2D eigenvalue weighted by atomic mass is 10.1. The molecule has 0 unspecified atom stereocenters. The molecule has 2 N–H and O–H groups in total. The van der Waals surface area contributed by atoms with Crippen LogP contribution < -0.4 is 16.6 Å². The molecule has 5 heteroatoms. The van der Waals surface area contributed by atoms with Gasteiger partial charge >= 0.3 is 0 Å². The van der Waals surface area contributed by atoms with Crippen molar-refractivity contribution in [1.29, 1.82) is 0 Å². The fourth-order valence-electron chi connectivity index (χ4n) is 1.41. The van der Waals surface area contributed by atoms with Crippen LogP contribution >= 0.6 is 11.8 Å². The maximum Gasteiger partial charge on any atom is 0.249 e. The van der Waals surface area contributed by atoms with Gasteiger partial charge in [-0.05, 0) is 18.6 Å². The molecule has 0 saturated carbocycles. The number of anilines is 1. The van der Waals surface area contributed by atoms with E-state index in [9.17, 15) is 9.59 Å². The number of hydrogen-bond donors (Lipinski definition) is 1. The molecule has 2 aromatic rings. The van der Waals surface area contributed by atoms with E-state index in [0.717, 1.165) is 10.6 Å². The third-order valence-electron chi connectivity index (χ3n) is 2.32. The van der Waals surface area contributed by atoms with Gasteiger partial charge in [-0.3, -0.25) is 14.6 Å². The van der Waals surface area contributed by atoms with Gasteiger partial charge in [-0.25, -0.2) is 0 Å². The number of hydrogen-bond acceptors (Lipinski definition) is 5. The Morgan fingerprint density at radius 1 is 1.19 bits per heavy atom. The zero-order chi connectivity index (χ0) is 11.5. The Bertz CT molecular complexity index is 559. The summed E-state index contributed by atoms with van der Waals surface area (Å²) in [4.78, 5) is 27.0. The molecule has 82 valence electrons. The number of rotatable bonds is 4. The lowest BCUT2D eigenvalue weighted by molar-refractivity contribution is 1.09.